The smallest absolute Gasteiger partial charge is 0.317 e. The average molecular weight is 329 g/mol. The van der Waals surface area contributed by atoms with E-state index in [1.165, 1.54) is 6.42 Å². The van der Waals surface area contributed by atoms with E-state index < -0.39 is 15.3 Å². The third-order valence-electron chi connectivity index (χ3n) is 6.99. The molecule has 126 valence electrons. The lowest BCUT2D eigenvalue weighted by Crippen LogP contribution is -2.51. The van der Waals surface area contributed by atoms with Crippen LogP contribution < -0.4 is 10.5 Å². The van der Waals surface area contributed by atoms with Crippen LogP contribution in [0.3, 0.4) is 0 Å². The second kappa shape index (κ2) is 4.84. The fourth-order valence-corrected chi connectivity index (χ4v) is 5.66. The highest BCUT2D eigenvalue weighted by atomic mass is 32.2. The van der Waals surface area contributed by atoms with Crippen molar-refractivity contribution < 1.29 is 13.2 Å². The predicted octanol–water partition coefficient (Wildman–Crippen LogP) is 1.27. The van der Waals surface area contributed by atoms with Crippen LogP contribution in [0, 0.1) is 16.7 Å². The summed E-state index contributed by atoms with van der Waals surface area (Å²) in [4.78, 5) is 14.1. The van der Waals surface area contributed by atoms with Gasteiger partial charge in [0.2, 0.25) is 10.0 Å². The molecule has 2 amide bonds. The highest BCUT2D eigenvalue weighted by molar-refractivity contribution is 7.89. The summed E-state index contributed by atoms with van der Waals surface area (Å²) in [5, 5.41) is 7.74. The van der Waals surface area contributed by atoms with Gasteiger partial charge in [0.15, 0.2) is 0 Å². The van der Waals surface area contributed by atoms with Crippen molar-refractivity contribution in [3.63, 3.8) is 0 Å². The van der Waals surface area contributed by atoms with E-state index in [1.807, 2.05) is 0 Å². The van der Waals surface area contributed by atoms with Gasteiger partial charge in [0.1, 0.15) is 0 Å². The second-order valence-corrected chi connectivity index (χ2v) is 9.90. The Morgan fingerprint density at radius 2 is 1.95 bits per heavy atom. The SMILES string of the molecule is CC1(C)C2CCC1(C)C(NC(=O)N1CCC(S(N)(=O)=O)C1)C2. The van der Waals surface area contributed by atoms with Crippen LogP contribution in [0.4, 0.5) is 4.79 Å². The average Bonchev–Trinajstić information content (AvgIpc) is 3.01. The molecule has 4 unspecified atom stereocenters. The topological polar surface area (TPSA) is 92.5 Å². The van der Waals surface area contributed by atoms with Crippen molar-refractivity contribution >= 4 is 16.1 Å². The number of nitrogens with zero attached hydrogens (tertiary/aromatic N) is 1. The zero-order chi connectivity index (χ0) is 16.3. The number of likely N-dealkylation sites (tertiary alicyclic amines) is 1. The Labute approximate surface area is 132 Å². The number of sulfonamides is 1. The van der Waals surface area contributed by atoms with Crippen LogP contribution in [0.5, 0.6) is 0 Å². The first kappa shape index (κ1) is 16.1. The normalized spacial score (nSPS) is 40.2. The molecule has 3 rings (SSSR count). The number of hydrogen-bond donors (Lipinski definition) is 2. The van der Waals surface area contributed by atoms with Crippen molar-refractivity contribution in [3.05, 3.63) is 0 Å². The zero-order valence-corrected chi connectivity index (χ0v) is 14.4. The zero-order valence-electron chi connectivity index (χ0n) is 13.6. The van der Waals surface area contributed by atoms with Crippen LogP contribution in [-0.2, 0) is 10.0 Å². The summed E-state index contributed by atoms with van der Waals surface area (Å²) in [7, 11) is -3.56. The van der Waals surface area contributed by atoms with Gasteiger partial charge >= 0.3 is 6.03 Å². The fraction of sp³-hybridized carbons (Fsp3) is 0.933. The Hall–Kier alpha value is -0.820. The van der Waals surface area contributed by atoms with Crippen LogP contribution >= 0.6 is 0 Å². The maximum atomic E-state index is 12.5. The molecule has 0 radical (unpaired) electrons. The van der Waals surface area contributed by atoms with Gasteiger partial charge in [-0.05, 0) is 42.4 Å². The minimum atomic E-state index is -3.56. The molecule has 4 atom stereocenters. The van der Waals surface area contributed by atoms with Gasteiger partial charge in [-0.2, -0.15) is 0 Å². The molecule has 0 spiro atoms. The van der Waals surface area contributed by atoms with Gasteiger partial charge in [0.25, 0.3) is 0 Å². The van der Waals surface area contributed by atoms with E-state index in [4.69, 9.17) is 5.14 Å². The highest BCUT2D eigenvalue weighted by Gasteiger charge is 2.61. The maximum absolute atomic E-state index is 12.5. The number of nitrogens with one attached hydrogen (secondary N) is 1. The third kappa shape index (κ3) is 2.24. The van der Waals surface area contributed by atoms with Crippen LogP contribution in [0.15, 0.2) is 0 Å². The molecule has 3 aliphatic rings. The van der Waals surface area contributed by atoms with E-state index in [1.54, 1.807) is 4.90 Å². The number of primary sulfonamides is 1. The van der Waals surface area contributed by atoms with Crippen molar-refractivity contribution in [2.75, 3.05) is 13.1 Å². The van der Waals surface area contributed by atoms with Gasteiger partial charge in [0.05, 0.1) is 5.25 Å². The monoisotopic (exact) mass is 329 g/mol. The first-order chi connectivity index (χ1) is 10.1. The molecule has 0 aromatic heterocycles. The summed E-state index contributed by atoms with van der Waals surface area (Å²) < 4.78 is 22.8. The standard InChI is InChI=1S/C15H27N3O3S/c1-14(2)10-4-6-15(14,3)12(8-10)17-13(19)18-7-5-11(9-18)22(16,20)21/h10-12H,4-9H2,1-3H3,(H,17,19)(H2,16,20,21). The molecule has 2 bridgehead atoms. The second-order valence-electron chi connectivity index (χ2n) is 8.06. The molecule has 7 heteroatoms. The lowest BCUT2D eigenvalue weighted by atomic mass is 9.69. The summed E-state index contributed by atoms with van der Waals surface area (Å²) in [6.45, 7) is 7.57. The van der Waals surface area contributed by atoms with Crippen LogP contribution in [0.1, 0.15) is 46.5 Å². The molecular formula is C15H27N3O3S. The number of urea groups is 1. The third-order valence-corrected chi connectivity index (χ3v) is 8.30. The summed E-state index contributed by atoms with van der Waals surface area (Å²) in [6.07, 6.45) is 3.85. The summed E-state index contributed by atoms with van der Waals surface area (Å²) in [6, 6.07) is 0.0445. The van der Waals surface area contributed by atoms with Gasteiger partial charge in [-0.25, -0.2) is 18.4 Å². The van der Waals surface area contributed by atoms with Crippen LogP contribution in [0.2, 0.25) is 0 Å². The van der Waals surface area contributed by atoms with Crippen molar-refractivity contribution in [3.8, 4) is 0 Å². The number of amides is 2. The molecule has 1 heterocycles. The van der Waals surface area contributed by atoms with Gasteiger partial charge in [-0.3, -0.25) is 0 Å². The summed E-state index contributed by atoms with van der Waals surface area (Å²) in [5.74, 6) is 0.665. The van der Waals surface area contributed by atoms with Gasteiger partial charge in [0, 0.05) is 19.1 Å². The lowest BCUT2D eigenvalue weighted by molar-refractivity contribution is 0.119. The van der Waals surface area contributed by atoms with E-state index in [9.17, 15) is 13.2 Å². The lowest BCUT2D eigenvalue weighted by Gasteiger charge is -2.40. The molecular weight excluding hydrogens is 302 g/mol. The number of carbonyl (C=O) groups excluding carboxylic acids is 1. The van der Waals surface area contributed by atoms with Crippen molar-refractivity contribution in [2.45, 2.75) is 57.7 Å². The molecule has 2 saturated carbocycles. The molecule has 1 aliphatic heterocycles. The fourth-order valence-electron chi connectivity index (χ4n) is 4.84. The molecule has 22 heavy (non-hydrogen) atoms. The van der Waals surface area contributed by atoms with Gasteiger partial charge in [-0.15, -0.1) is 0 Å². The van der Waals surface area contributed by atoms with E-state index in [2.05, 4.69) is 26.1 Å². The van der Waals surface area contributed by atoms with Crippen LogP contribution in [-0.4, -0.2) is 43.7 Å². The number of fused-ring (bicyclic) bond motifs is 2. The van der Waals surface area contributed by atoms with Crippen LogP contribution in [0.25, 0.3) is 0 Å². The minimum Gasteiger partial charge on any atom is -0.335 e. The number of nitrogens with two attached hydrogens (primary N) is 1. The van der Waals surface area contributed by atoms with E-state index in [0.29, 0.717) is 18.9 Å². The van der Waals surface area contributed by atoms with Crippen molar-refractivity contribution in [2.24, 2.45) is 21.9 Å². The summed E-state index contributed by atoms with van der Waals surface area (Å²) in [5.41, 5.74) is 0.380. The first-order valence-corrected chi connectivity index (χ1v) is 9.74. The van der Waals surface area contributed by atoms with Gasteiger partial charge in [-0.1, -0.05) is 20.8 Å². The minimum absolute atomic E-state index is 0.131. The largest absolute Gasteiger partial charge is 0.335 e. The maximum Gasteiger partial charge on any atom is 0.317 e. The highest BCUT2D eigenvalue weighted by Crippen LogP contribution is 2.65. The predicted molar refractivity (Wildman–Crippen MR) is 84.6 cm³/mol. The molecule has 0 aromatic rings. The molecule has 3 fully saturated rings. The van der Waals surface area contributed by atoms with Crippen molar-refractivity contribution in [1.82, 2.24) is 10.2 Å². The Morgan fingerprint density at radius 1 is 1.27 bits per heavy atom. The number of rotatable bonds is 2. The Balaban J connectivity index is 1.65. The first-order valence-electron chi connectivity index (χ1n) is 8.13. The Bertz CT molecular complexity index is 589. The molecule has 6 nitrogen and oxygen atoms in total. The van der Waals surface area contributed by atoms with E-state index >= 15 is 0 Å². The van der Waals surface area contributed by atoms with E-state index in [0.717, 1.165) is 12.8 Å². The Morgan fingerprint density at radius 3 is 2.41 bits per heavy atom. The van der Waals surface area contributed by atoms with E-state index in [-0.39, 0.29) is 29.4 Å². The molecule has 1 saturated heterocycles. The molecule has 2 aliphatic carbocycles. The van der Waals surface area contributed by atoms with Crippen molar-refractivity contribution in [1.29, 1.82) is 0 Å². The summed E-state index contributed by atoms with van der Waals surface area (Å²) >= 11 is 0. The number of hydrogen-bond acceptors (Lipinski definition) is 3. The van der Waals surface area contributed by atoms with Gasteiger partial charge < -0.3 is 10.2 Å². The molecule has 0 aromatic carbocycles. The number of carbonyl (C=O) groups is 1. The Kier molecular flexibility index (Phi) is 3.53. The molecule has 3 N–H and O–H groups in total. The quantitative estimate of drug-likeness (QED) is 0.799.